The topological polar surface area (TPSA) is 93.2 Å². The van der Waals surface area contributed by atoms with Gasteiger partial charge >= 0.3 is 5.97 Å². The maximum absolute atomic E-state index is 13.3. The molecule has 1 amide bonds. The van der Waals surface area contributed by atoms with E-state index in [2.05, 4.69) is 20.6 Å². The quantitative estimate of drug-likeness (QED) is 0.612. The Hall–Kier alpha value is -3.81. The summed E-state index contributed by atoms with van der Waals surface area (Å²) in [5, 5.41) is 5.67. The van der Waals surface area contributed by atoms with Crippen LogP contribution in [0.2, 0.25) is 0 Å². The Labute approximate surface area is 167 Å². The number of aromatic nitrogens is 2. The predicted molar refractivity (Wildman–Crippen MR) is 107 cm³/mol. The van der Waals surface area contributed by atoms with Crippen LogP contribution >= 0.6 is 0 Å². The highest BCUT2D eigenvalue weighted by Crippen LogP contribution is 2.18. The minimum Gasteiger partial charge on any atom is -0.462 e. The van der Waals surface area contributed by atoms with Crippen molar-refractivity contribution in [2.45, 2.75) is 13.8 Å². The zero-order valence-corrected chi connectivity index (χ0v) is 15.9. The van der Waals surface area contributed by atoms with E-state index in [4.69, 9.17) is 4.74 Å². The molecule has 0 atom stereocenters. The zero-order valence-electron chi connectivity index (χ0n) is 15.9. The highest BCUT2D eigenvalue weighted by Gasteiger charge is 2.12. The van der Waals surface area contributed by atoms with E-state index >= 15 is 0 Å². The molecule has 0 radical (unpaired) electrons. The molecule has 0 aliphatic carbocycles. The van der Waals surface area contributed by atoms with E-state index in [1.807, 2.05) is 0 Å². The number of nitrogens with one attached hydrogen (secondary N) is 2. The van der Waals surface area contributed by atoms with Gasteiger partial charge in [-0.2, -0.15) is 0 Å². The number of carbonyl (C=O) groups is 2. The fraction of sp³-hybridized carbons (Fsp3) is 0.143. The number of carbonyl (C=O) groups excluding carboxylic acids is 2. The maximum atomic E-state index is 13.3. The first-order valence-electron chi connectivity index (χ1n) is 8.91. The molecule has 0 aliphatic heterocycles. The summed E-state index contributed by atoms with van der Waals surface area (Å²) in [5.74, 6) is -0.529. The smallest absolute Gasteiger partial charge is 0.338 e. The predicted octanol–water partition coefficient (Wildman–Crippen LogP) is 4.10. The zero-order chi connectivity index (χ0) is 20.8. The summed E-state index contributed by atoms with van der Waals surface area (Å²) in [7, 11) is 0. The van der Waals surface area contributed by atoms with Crippen LogP contribution in [0.25, 0.3) is 0 Å². The second kappa shape index (κ2) is 8.92. The number of nitrogens with zero attached hydrogens (tertiary/aromatic N) is 2. The number of esters is 1. The SMILES string of the molecule is CCOC(=O)c1ccc(Nc2cc(C(=O)Nc3cccc(F)c3)nc(C)n2)cc1. The minimum atomic E-state index is -0.484. The van der Waals surface area contributed by atoms with Crippen LogP contribution in [0.1, 0.15) is 33.6 Å². The van der Waals surface area contributed by atoms with Gasteiger partial charge in [-0.3, -0.25) is 4.79 Å². The minimum absolute atomic E-state index is 0.132. The lowest BCUT2D eigenvalue weighted by molar-refractivity contribution is 0.0526. The third-order valence-electron chi connectivity index (χ3n) is 3.82. The molecule has 0 bridgehead atoms. The second-order valence-corrected chi connectivity index (χ2v) is 6.07. The van der Waals surface area contributed by atoms with Crippen molar-refractivity contribution in [1.82, 2.24) is 9.97 Å². The van der Waals surface area contributed by atoms with Gasteiger partial charge in [0, 0.05) is 17.4 Å². The highest BCUT2D eigenvalue weighted by molar-refractivity contribution is 6.03. The van der Waals surface area contributed by atoms with Crippen LogP contribution in [0.15, 0.2) is 54.6 Å². The van der Waals surface area contributed by atoms with Crippen molar-refractivity contribution >= 4 is 29.1 Å². The van der Waals surface area contributed by atoms with E-state index in [1.54, 1.807) is 44.2 Å². The molecule has 0 spiro atoms. The van der Waals surface area contributed by atoms with Crippen LogP contribution in [-0.2, 0) is 4.74 Å². The molecule has 7 nitrogen and oxygen atoms in total. The number of hydrogen-bond acceptors (Lipinski definition) is 6. The van der Waals surface area contributed by atoms with Gasteiger partial charge in [0.15, 0.2) is 0 Å². The summed E-state index contributed by atoms with van der Waals surface area (Å²) in [6, 6.07) is 13.8. The molecule has 1 heterocycles. The summed E-state index contributed by atoms with van der Waals surface area (Å²) >= 11 is 0. The molecular formula is C21H19FN4O3. The molecule has 148 valence electrons. The van der Waals surface area contributed by atoms with Gasteiger partial charge in [0.1, 0.15) is 23.2 Å². The van der Waals surface area contributed by atoms with Crippen molar-refractivity contribution in [2.24, 2.45) is 0 Å². The molecule has 0 aliphatic rings. The van der Waals surface area contributed by atoms with Crippen LogP contribution in [0.5, 0.6) is 0 Å². The molecule has 2 N–H and O–H groups in total. The Morgan fingerprint density at radius 2 is 1.79 bits per heavy atom. The first-order valence-corrected chi connectivity index (χ1v) is 8.91. The van der Waals surface area contributed by atoms with Crippen LogP contribution in [0, 0.1) is 12.7 Å². The van der Waals surface area contributed by atoms with Gasteiger partial charge in [0.25, 0.3) is 5.91 Å². The first-order chi connectivity index (χ1) is 13.9. The Balaban J connectivity index is 1.75. The van der Waals surface area contributed by atoms with Crippen molar-refractivity contribution < 1.29 is 18.7 Å². The van der Waals surface area contributed by atoms with Crippen LogP contribution < -0.4 is 10.6 Å². The monoisotopic (exact) mass is 394 g/mol. The van der Waals surface area contributed by atoms with Crippen molar-refractivity contribution in [3.63, 3.8) is 0 Å². The lowest BCUT2D eigenvalue weighted by Crippen LogP contribution is -2.15. The second-order valence-electron chi connectivity index (χ2n) is 6.07. The highest BCUT2D eigenvalue weighted by atomic mass is 19.1. The number of rotatable bonds is 6. The number of halogens is 1. The maximum Gasteiger partial charge on any atom is 0.338 e. The number of benzene rings is 2. The van der Waals surface area contributed by atoms with Gasteiger partial charge < -0.3 is 15.4 Å². The van der Waals surface area contributed by atoms with Crippen molar-refractivity contribution in [1.29, 1.82) is 0 Å². The number of anilines is 3. The number of amides is 1. The van der Waals surface area contributed by atoms with E-state index in [9.17, 15) is 14.0 Å². The fourth-order valence-electron chi connectivity index (χ4n) is 2.56. The molecule has 0 fully saturated rings. The standard InChI is InChI=1S/C21H19FN4O3/c1-3-29-21(28)14-7-9-16(10-8-14)25-19-12-18(23-13(2)24-19)20(27)26-17-6-4-5-15(22)11-17/h4-12H,3H2,1-2H3,(H,26,27)(H,23,24,25). The molecular weight excluding hydrogens is 375 g/mol. The lowest BCUT2D eigenvalue weighted by atomic mass is 10.2. The van der Waals surface area contributed by atoms with E-state index in [0.29, 0.717) is 35.2 Å². The summed E-state index contributed by atoms with van der Waals surface area (Å²) in [6.45, 7) is 3.71. The normalized spacial score (nSPS) is 10.3. The van der Waals surface area contributed by atoms with Gasteiger partial charge in [0.2, 0.25) is 0 Å². The van der Waals surface area contributed by atoms with Crippen LogP contribution in [0.3, 0.4) is 0 Å². The Bertz CT molecular complexity index is 1040. The molecule has 3 aromatic rings. The van der Waals surface area contributed by atoms with Crippen molar-refractivity contribution in [3.8, 4) is 0 Å². The van der Waals surface area contributed by atoms with Crippen molar-refractivity contribution in [3.05, 3.63) is 77.5 Å². The average molecular weight is 394 g/mol. The molecule has 8 heteroatoms. The Kier molecular flexibility index (Phi) is 6.13. The first kappa shape index (κ1) is 19.9. The number of hydrogen-bond donors (Lipinski definition) is 2. The van der Waals surface area contributed by atoms with Crippen LogP contribution in [-0.4, -0.2) is 28.5 Å². The van der Waals surface area contributed by atoms with Crippen molar-refractivity contribution in [2.75, 3.05) is 17.2 Å². The lowest BCUT2D eigenvalue weighted by Gasteiger charge is -2.10. The molecule has 29 heavy (non-hydrogen) atoms. The molecule has 0 unspecified atom stereocenters. The van der Waals surface area contributed by atoms with E-state index < -0.39 is 17.7 Å². The van der Waals surface area contributed by atoms with Gasteiger partial charge in [0.05, 0.1) is 12.2 Å². The summed E-state index contributed by atoms with van der Waals surface area (Å²) in [5.41, 5.74) is 1.57. The average Bonchev–Trinajstić information content (AvgIpc) is 2.68. The molecule has 2 aromatic carbocycles. The third-order valence-corrected chi connectivity index (χ3v) is 3.82. The molecule has 3 rings (SSSR count). The fourth-order valence-corrected chi connectivity index (χ4v) is 2.56. The van der Waals surface area contributed by atoms with Gasteiger partial charge in [-0.05, 0) is 56.3 Å². The summed E-state index contributed by atoms with van der Waals surface area (Å²) in [6.07, 6.45) is 0. The number of aryl methyl sites for hydroxylation is 1. The summed E-state index contributed by atoms with van der Waals surface area (Å²) in [4.78, 5) is 32.6. The van der Waals surface area contributed by atoms with Crippen LogP contribution in [0.4, 0.5) is 21.6 Å². The van der Waals surface area contributed by atoms with E-state index in [-0.39, 0.29) is 5.69 Å². The third kappa shape index (κ3) is 5.35. The van der Waals surface area contributed by atoms with Gasteiger partial charge in [-0.25, -0.2) is 19.2 Å². The molecule has 0 saturated heterocycles. The molecule has 0 saturated carbocycles. The number of ether oxygens (including phenoxy) is 1. The van der Waals surface area contributed by atoms with Gasteiger partial charge in [-0.15, -0.1) is 0 Å². The summed E-state index contributed by atoms with van der Waals surface area (Å²) < 4.78 is 18.2. The molecule has 1 aromatic heterocycles. The van der Waals surface area contributed by atoms with E-state index in [0.717, 1.165) is 0 Å². The Morgan fingerprint density at radius 1 is 1.03 bits per heavy atom. The largest absolute Gasteiger partial charge is 0.462 e. The Morgan fingerprint density at radius 3 is 2.48 bits per heavy atom. The van der Waals surface area contributed by atoms with E-state index in [1.165, 1.54) is 24.3 Å². The van der Waals surface area contributed by atoms with Gasteiger partial charge in [-0.1, -0.05) is 6.07 Å².